The van der Waals surface area contributed by atoms with Crippen molar-refractivity contribution < 1.29 is 29.4 Å². The second kappa shape index (κ2) is 17.6. The van der Waals surface area contributed by atoms with Gasteiger partial charge >= 0.3 is 0 Å². The largest absolute Gasteiger partial charge is 0.549 e. The third kappa shape index (κ3) is 10.4. The van der Waals surface area contributed by atoms with Gasteiger partial charge < -0.3 is 29.6 Å². The Morgan fingerprint density at radius 2 is 0.896 bits per heavy atom. The predicted octanol–water partition coefficient (Wildman–Crippen LogP) is 1.36. The Morgan fingerprint density at radius 1 is 0.542 bits per heavy atom. The maximum Gasteiger partial charge on any atom is 0.236 e. The zero-order valence-electron chi connectivity index (χ0n) is 28.0. The standard InChI is InChI=1S/C38H52N4O6/c43-35(39-19-15-31(16-20-39)23-29-9-3-1-4-10-29)25-41(27-37(45)46)33-13-7-8-14-34(33)42(28-38(47)48)26-36(44)40-21-17-32(18-22-40)24-30-11-5-2-6-12-30/h1-6,9-12,31-34H,7-8,13-28H2,(H,45,46)(H,47,48)/p-2. The second-order valence-corrected chi connectivity index (χ2v) is 14.0. The van der Waals surface area contributed by atoms with Crippen molar-refractivity contribution in [1.82, 2.24) is 19.6 Å². The lowest BCUT2D eigenvalue weighted by molar-refractivity contribution is -0.309. The van der Waals surface area contributed by atoms with Crippen LogP contribution in [-0.4, -0.2) is 108 Å². The number of carboxylic acids is 2. The molecular weight excluding hydrogens is 608 g/mol. The lowest BCUT2D eigenvalue weighted by atomic mass is 9.87. The van der Waals surface area contributed by atoms with Crippen molar-refractivity contribution >= 4 is 23.8 Å². The van der Waals surface area contributed by atoms with Crippen molar-refractivity contribution in [2.24, 2.45) is 11.8 Å². The van der Waals surface area contributed by atoms with Gasteiger partial charge in [0.25, 0.3) is 0 Å². The van der Waals surface area contributed by atoms with Gasteiger partial charge in [0.05, 0.1) is 25.0 Å². The topological polar surface area (TPSA) is 127 Å². The number of carboxylic acid groups (broad SMARTS) is 2. The summed E-state index contributed by atoms with van der Waals surface area (Å²) in [6.45, 7) is 1.46. The Kier molecular flexibility index (Phi) is 13.0. The van der Waals surface area contributed by atoms with Crippen molar-refractivity contribution in [3.63, 3.8) is 0 Å². The van der Waals surface area contributed by atoms with Crippen LogP contribution in [0, 0.1) is 11.8 Å². The number of carbonyl (C=O) groups is 4. The Labute approximate surface area is 284 Å². The van der Waals surface area contributed by atoms with Gasteiger partial charge in [-0.15, -0.1) is 0 Å². The summed E-state index contributed by atoms with van der Waals surface area (Å²) in [5, 5.41) is 23.9. The smallest absolute Gasteiger partial charge is 0.236 e. The highest BCUT2D eigenvalue weighted by Gasteiger charge is 2.37. The molecule has 0 spiro atoms. The molecule has 2 atom stereocenters. The minimum atomic E-state index is -1.28. The van der Waals surface area contributed by atoms with E-state index in [1.54, 1.807) is 9.80 Å². The summed E-state index contributed by atoms with van der Waals surface area (Å²) in [4.78, 5) is 58.0. The van der Waals surface area contributed by atoms with Crippen LogP contribution < -0.4 is 10.2 Å². The monoisotopic (exact) mass is 658 g/mol. The van der Waals surface area contributed by atoms with E-state index < -0.39 is 37.1 Å². The van der Waals surface area contributed by atoms with Gasteiger partial charge in [-0.2, -0.15) is 0 Å². The van der Waals surface area contributed by atoms with Gasteiger partial charge in [0.15, 0.2) is 0 Å². The summed E-state index contributed by atoms with van der Waals surface area (Å²) in [7, 11) is 0. The highest BCUT2D eigenvalue weighted by atomic mass is 16.4. The summed E-state index contributed by atoms with van der Waals surface area (Å²) >= 11 is 0. The van der Waals surface area contributed by atoms with Crippen LogP contribution in [0.25, 0.3) is 0 Å². The van der Waals surface area contributed by atoms with Crippen molar-refractivity contribution in [1.29, 1.82) is 0 Å². The first-order valence-corrected chi connectivity index (χ1v) is 17.8. The molecule has 2 heterocycles. The lowest BCUT2D eigenvalue weighted by Gasteiger charge is -2.46. The van der Waals surface area contributed by atoms with Crippen LogP contribution in [0.5, 0.6) is 0 Å². The number of piperidine rings is 2. The number of aliphatic carboxylic acids is 2. The number of benzene rings is 2. The van der Waals surface area contributed by atoms with Gasteiger partial charge in [-0.1, -0.05) is 73.5 Å². The molecule has 2 aromatic rings. The van der Waals surface area contributed by atoms with Crippen LogP contribution >= 0.6 is 0 Å². The van der Waals surface area contributed by atoms with Gasteiger partial charge in [-0.25, -0.2) is 0 Å². The molecular formula is C38H50N4O6-2. The van der Waals surface area contributed by atoms with Crippen molar-refractivity contribution in [2.45, 2.75) is 76.3 Å². The SMILES string of the molecule is O=C([O-])CN(CC(=O)N1CCC(Cc2ccccc2)CC1)C1CCCCC1N(CC(=O)[O-])CC(=O)N1CCC(Cc2ccccc2)CC1. The first-order chi connectivity index (χ1) is 23.2. The normalized spacial score (nSPS) is 21.0. The molecule has 5 rings (SSSR count). The molecule has 0 aromatic heterocycles. The molecule has 1 saturated carbocycles. The van der Waals surface area contributed by atoms with E-state index in [1.165, 1.54) is 11.1 Å². The number of hydrogen-bond donors (Lipinski definition) is 0. The molecule has 2 aliphatic heterocycles. The van der Waals surface area contributed by atoms with E-state index in [1.807, 2.05) is 46.2 Å². The predicted molar refractivity (Wildman–Crippen MR) is 178 cm³/mol. The van der Waals surface area contributed by atoms with Gasteiger partial charge in [0.2, 0.25) is 11.8 Å². The number of amides is 2. The summed E-state index contributed by atoms with van der Waals surface area (Å²) in [6.07, 6.45) is 8.36. The maximum absolute atomic E-state index is 13.6. The minimum absolute atomic E-state index is 0.0828. The molecule has 10 heteroatoms. The van der Waals surface area contributed by atoms with Crippen LogP contribution in [-0.2, 0) is 32.0 Å². The van der Waals surface area contributed by atoms with Crippen LogP contribution in [0.3, 0.4) is 0 Å². The van der Waals surface area contributed by atoms with E-state index in [-0.39, 0.29) is 24.9 Å². The van der Waals surface area contributed by atoms with E-state index in [2.05, 4.69) is 24.3 Å². The van der Waals surface area contributed by atoms with Crippen molar-refractivity contribution in [3.05, 3.63) is 71.8 Å². The van der Waals surface area contributed by atoms with Crippen LogP contribution in [0.4, 0.5) is 0 Å². The molecule has 2 unspecified atom stereocenters. The fourth-order valence-corrected chi connectivity index (χ4v) is 8.07. The first kappa shape index (κ1) is 35.5. The zero-order chi connectivity index (χ0) is 33.9. The van der Waals surface area contributed by atoms with Crippen LogP contribution in [0.15, 0.2) is 60.7 Å². The summed E-state index contributed by atoms with van der Waals surface area (Å²) < 4.78 is 0. The zero-order valence-corrected chi connectivity index (χ0v) is 28.0. The molecule has 0 N–H and O–H groups in total. The fourth-order valence-electron chi connectivity index (χ4n) is 8.07. The molecule has 3 fully saturated rings. The summed E-state index contributed by atoms with van der Waals surface area (Å²) in [6, 6.07) is 19.9. The third-order valence-corrected chi connectivity index (χ3v) is 10.6. The molecule has 48 heavy (non-hydrogen) atoms. The van der Waals surface area contributed by atoms with Crippen molar-refractivity contribution in [2.75, 3.05) is 52.4 Å². The Balaban J connectivity index is 1.19. The van der Waals surface area contributed by atoms with E-state index >= 15 is 0 Å². The number of hydrogen-bond acceptors (Lipinski definition) is 8. The van der Waals surface area contributed by atoms with Crippen LogP contribution in [0.2, 0.25) is 0 Å². The van der Waals surface area contributed by atoms with E-state index in [0.717, 1.165) is 51.4 Å². The molecule has 2 amide bonds. The maximum atomic E-state index is 13.6. The van der Waals surface area contributed by atoms with E-state index in [0.29, 0.717) is 50.9 Å². The number of nitrogens with zero attached hydrogens (tertiary/aromatic N) is 4. The molecule has 0 radical (unpaired) electrons. The first-order valence-electron chi connectivity index (χ1n) is 17.8. The van der Waals surface area contributed by atoms with Crippen molar-refractivity contribution in [3.8, 4) is 0 Å². The van der Waals surface area contributed by atoms with E-state index in [9.17, 15) is 29.4 Å². The van der Waals surface area contributed by atoms with Gasteiger partial charge in [0.1, 0.15) is 0 Å². The van der Waals surface area contributed by atoms with Gasteiger partial charge in [-0.3, -0.25) is 19.4 Å². The summed E-state index contributed by atoms with van der Waals surface area (Å²) in [5.74, 6) is -1.84. The van der Waals surface area contributed by atoms with E-state index in [4.69, 9.17) is 0 Å². The third-order valence-electron chi connectivity index (χ3n) is 10.6. The molecule has 10 nitrogen and oxygen atoms in total. The average molecular weight is 659 g/mol. The Bertz CT molecular complexity index is 1240. The molecule has 2 aromatic carbocycles. The minimum Gasteiger partial charge on any atom is -0.549 e. The highest BCUT2D eigenvalue weighted by Crippen LogP contribution is 2.29. The number of likely N-dealkylation sites (tertiary alicyclic amines) is 2. The lowest BCUT2D eigenvalue weighted by Crippen LogP contribution is -2.60. The van der Waals surface area contributed by atoms with Gasteiger partial charge in [0, 0.05) is 51.4 Å². The molecule has 3 aliphatic rings. The van der Waals surface area contributed by atoms with Gasteiger partial charge in [-0.05, 0) is 74.3 Å². The fraction of sp³-hybridized carbons (Fsp3) is 0.579. The molecule has 1 aliphatic carbocycles. The molecule has 260 valence electrons. The summed E-state index contributed by atoms with van der Waals surface area (Å²) in [5.41, 5.74) is 2.58. The molecule has 0 bridgehead atoms. The number of rotatable bonds is 14. The van der Waals surface area contributed by atoms with Crippen LogP contribution in [0.1, 0.15) is 62.5 Å². The molecule has 2 saturated heterocycles. The highest BCUT2D eigenvalue weighted by molar-refractivity contribution is 5.80. The Hall–Kier alpha value is -3.76. The Morgan fingerprint density at radius 3 is 1.23 bits per heavy atom. The second-order valence-electron chi connectivity index (χ2n) is 14.0. The average Bonchev–Trinajstić information content (AvgIpc) is 3.09. The quantitative estimate of drug-likeness (QED) is 0.298. The number of carbonyl (C=O) groups excluding carboxylic acids is 4.